The van der Waals surface area contributed by atoms with E-state index in [0.29, 0.717) is 6.04 Å². The third-order valence-corrected chi connectivity index (χ3v) is 2.19. The Morgan fingerprint density at radius 2 is 1.62 bits per heavy atom. The van der Waals surface area contributed by atoms with Crippen LogP contribution in [0.15, 0.2) is 24.3 Å². The second kappa shape index (κ2) is 5.80. The van der Waals surface area contributed by atoms with Crippen LogP contribution in [0.2, 0.25) is 0 Å². The average molecular weight is 229 g/mol. The highest BCUT2D eigenvalue weighted by atomic mass is 19.3. The lowest BCUT2D eigenvalue weighted by atomic mass is 10.1. The van der Waals surface area contributed by atoms with Crippen LogP contribution in [0.1, 0.15) is 32.4 Å². The molecular weight excluding hydrogens is 212 g/mol. The van der Waals surface area contributed by atoms with Crippen LogP contribution in [0.5, 0.6) is 5.75 Å². The van der Waals surface area contributed by atoms with E-state index in [1.54, 1.807) is 24.3 Å². The number of rotatable bonds is 5. The van der Waals surface area contributed by atoms with Crippen LogP contribution < -0.4 is 10.1 Å². The first kappa shape index (κ1) is 12.9. The molecule has 16 heavy (non-hydrogen) atoms. The lowest BCUT2D eigenvalue weighted by Gasteiger charge is -2.17. The van der Waals surface area contributed by atoms with Crippen LogP contribution >= 0.6 is 0 Å². The lowest BCUT2D eigenvalue weighted by molar-refractivity contribution is -0.0498. The van der Waals surface area contributed by atoms with Gasteiger partial charge in [0.25, 0.3) is 0 Å². The van der Waals surface area contributed by atoms with Gasteiger partial charge in [-0.25, -0.2) is 0 Å². The van der Waals surface area contributed by atoms with E-state index in [9.17, 15) is 8.78 Å². The topological polar surface area (TPSA) is 21.3 Å². The number of benzene rings is 1. The molecule has 90 valence electrons. The molecule has 0 fully saturated rings. The Morgan fingerprint density at radius 3 is 2.06 bits per heavy atom. The van der Waals surface area contributed by atoms with Gasteiger partial charge >= 0.3 is 6.61 Å². The molecule has 0 aromatic heterocycles. The molecule has 0 saturated heterocycles. The van der Waals surface area contributed by atoms with Crippen molar-refractivity contribution in [1.82, 2.24) is 5.32 Å². The van der Waals surface area contributed by atoms with E-state index in [4.69, 9.17) is 0 Å². The fourth-order valence-corrected chi connectivity index (χ4v) is 1.53. The summed E-state index contributed by atoms with van der Waals surface area (Å²) >= 11 is 0. The van der Waals surface area contributed by atoms with E-state index < -0.39 is 6.61 Å². The summed E-state index contributed by atoms with van der Waals surface area (Å²) in [6.45, 7) is 3.38. The SMILES string of the molecule is CC(C)NC(C)c1ccc(OC(F)F)cc1. The largest absolute Gasteiger partial charge is 0.435 e. The standard InChI is InChI=1S/C12H17F2NO/c1-8(2)15-9(3)10-4-6-11(7-5-10)16-12(13)14/h4-9,12,15H,1-3H3. The van der Waals surface area contributed by atoms with Crippen molar-refractivity contribution in [3.63, 3.8) is 0 Å². The zero-order chi connectivity index (χ0) is 12.1. The Hall–Kier alpha value is -1.16. The summed E-state index contributed by atoms with van der Waals surface area (Å²) in [5.41, 5.74) is 1.05. The van der Waals surface area contributed by atoms with Crippen LogP contribution in [-0.2, 0) is 0 Å². The summed E-state index contributed by atoms with van der Waals surface area (Å²) in [6.07, 6.45) is 0. The van der Waals surface area contributed by atoms with E-state index in [2.05, 4.69) is 23.9 Å². The molecule has 0 aliphatic heterocycles. The quantitative estimate of drug-likeness (QED) is 0.836. The Labute approximate surface area is 94.6 Å². The van der Waals surface area contributed by atoms with E-state index >= 15 is 0 Å². The van der Waals surface area contributed by atoms with Crippen LogP contribution in [0, 0.1) is 0 Å². The molecule has 1 rings (SSSR count). The smallest absolute Gasteiger partial charge is 0.387 e. The average Bonchev–Trinajstić information content (AvgIpc) is 2.16. The summed E-state index contributed by atoms with van der Waals surface area (Å²) < 4.78 is 28.1. The van der Waals surface area contributed by atoms with Gasteiger partial charge in [-0.05, 0) is 24.6 Å². The summed E-state index contributed by atoms with van der Waals surface area (Å²) in [4.78, 5) is 0. The molecule has 4 heteroatoms. The lowest BCUT2D eigenvalue weighted by Crippen LogP contribution is -2.25. The molecule has 0 aliphatic rings. The fraction of sp³-hybridized carbons (Fsp3) is 0.500. The van der Waals surface area contributed by atoms with Gasteiger partial charge in [-0.1, -0.05) is 26.0 Å². The van der Waals surface area contributed by atoms with Crippen molar-refractivity contribution in [2.45, 2.75) is 39.5 Å². The maximum absolute atomic E-state index is 11.9. The van der Waals surface area contributed by atoms with Gasteiger partial charge in [0, 0.05) is 12.1 Å². The molecule has 2 nitrogen and oxygen atoms in total. The first-order valence-corrected chi connectivity index (χ1v) is 5.30. The van der Waals surface area contributed by atoms with Gasteiger partial charge in [-0.3, -0.25) is 0 Å². The normalized spacial score (nSPS) is 13.2. The minimum absolute atomic E-state index is 0.190. The van der Waals surface area contributed by atoms with Crippen molar-refractivity contribution in [1.29, 1.82) is 0 Å². The third kappa shape index (κ3) is 4.14. The minimum atomic E-state index is -2.77. The van der Waals surface area contributed by atoms with Gasteiger partial charge < -0.3 is 10.1 Å². The second-order valence-electron chi connectivity index (χ2n) is 3.99. The monoisotopic (exact) mass is 229 g/mol. The first-order chi connectivity index (χ1) is 7.49. The molecule has 1 atom stereocenters. The van der Waals surface area contributed by atoms with Crippen LogP contribution in [-0.4, -0.2) is 12.7 Å². The molecule has 0 bridgehead atoms. The summed E-state index contributed by atoms with van der Waals surface area (Å²) in [5, 5.41) is 3.33. The number of halogens is 2. The van der Waals surface area contributed by atoms with Crippen molar-refractivity contribution < 1.29 is 13.5 Å². The molecule has 0 amide bonds. The molecule has 0 heterocycles. The Bertz CT molecular complexity index is 311. The second-order valence-corrected chi connectivity index (χ2v) is 3.99. The van der Waals surface area contributed by atoms with Crippen LogP contribution in [0.25, 0.3) is 0 Å². The van der Waals surface area contributed by atoms with E-state index in [0.717, 1.165) is 5.56 Å². The van der Waals surface area contributed by atoms with Gasteiger partial charge in [0.2, 0.25) is 0 Å². The molecule has 0 spiro atoms. The molecule has 0 saturated carbocycles. The predicted molar refractivity (Wildman–Crippen MR) is 59.8 cm³/mol. The van der Waals surface area contributed by atoms with E-state index in [1.807, 2.05) is 6.92 Å². The number of hydrogen-bond donors (Lipinski definition) is 1. The predicted octanol–water partition coefficient (Wildman–Crippen LogP) is 3.35. The summed E-state index contributed by atoms with van der Waals surface area (Å²) in [5.74, 6) is 0.190. The minimum Gasteiger partial charge on any atom is -0.435 e. The molecule has 0 aliphatic carbocycles. The molecule has 0 radical (unpaired) electrons. The van der Waals surface area contributed by atoms with Gasteiger partial charge in [0.15, 0.2) is 0 Å². The van der Waals surface area contributed by atoms with E-state index in [-0.39, 0.29) is 11.8 Å². The van der Waals surface area contributed by atoms with Crippen molar-refractivity contribution in [3.05, 3.63) is 29.8 Å². The molecule has 1 aromatic carbocycles. The van der Waals surface area contributed by atoms with Crippen molar-refractivity contribution in [2.75, 3.05) is 0 Å². The van der Waals surface area contributed by atoms with Gasteiger partial charge in [-0.15, -0.1) is 0 Å². The number of ether oxygens (including phenoxy) is 1. The van der Waals surface area contributed by atoms with Crippen LogP contribution in [0.4, 0.5) is 8.78 Å². The third-order valence-electron chi connectivity index (χ3n) is 2.19. The number of nitrogens with one attached hydrogen (secondary N) is 1. The maximum Gasteiger partial charge on any atom is 0.387 e. The zero-order valence-corrected chi connectivity index (χ0v) is 9.71. The molecular formula is C12H17F2NO. The zero-order valence-electron chi connectivity index (χ0n) is 9.71. The Morgan fingerprint density at radius 1 is 1.06 bits per heavy atom. The van der Waals surface area contributed by atoms with Crippen LogP contribution in [0.3, 0.4) is 0 Å². The van der Waals surface area contributed by atoms with Gasteiger partial charge in [0.1, 0.15) is 5.75 Å². The Kier molecular flexibility index (Phi) is 4.68. The van der Waals surface area contributed by atoms with Crippen molar-refractivity contribution >= 4 is 0 Å². The summed E-state index contributed by atoms with van der Waals surface area (Å²) in [6, 6.07) is 7.27. The summed E-state index contributed by atoms with van der Waals surface area (Å²) in [7, 11) is 0. The highest BCUT2D eigenvalue weighted by molar-refractivity contribution is 5.28. The fourth-order valence-electron chi connectivity index (χ4n) is 1.53. The number of alkyl halides is 2. The van der Waals surface area contributed by atoms with Gasteiger partial charge in [-0.2, -0.15) is 8.78 Å². The van der Waals surface area contributed by atoms with Gasteiger partial charge in [0.05, 0.1) is 0 Å². The van der Waals surface area contributed by atoms with E-state index in [1.165, 1.54) is 0 Å². The first-order valence-electron chi connectivity index (χ1n) is 5.30. The molecule has 1 N–H and O–H groups in total. The maximum atomic E-state index is 11.9. The molecule has 1 unspecified atom stereocenters. The Balaban J connectivity index is 2.63. The molecule has 1 aromatic rings. The van der Waals surface area contributed by atoms with Crippen molar-refractivity contribution in [2.24, 2.45) is 0 Å². The van der Waals surface area contributed by atoms with Crippen molar-refractivity contribution in [3.8, 4) is 5.75 Å². The number of hydrogen-bond acceptors (Lipinski definition) is 2. The highest BCUT2D eigenvalue weighted by Gasteiger charge is 2.08. The highest BCUT2D eigenvalue weighted by Crippen LogP contribution is 2.19.